The smallest absolute Gasteiger partial charge is 0.348 e. The van der Waals surface area contributed by atoms with Crippen molar-refractivity contribution in [2.24, 2.45) is 0 Å². The lowest BCUT2D eigenvalue weighted by atomic mass is 10.1. The first kappa shape index (κ1) is 13.3. The number of anilines is 1. The summed E-state index contributed by atoms with van der Waals surface area (Å²) < 4.78 is 0. The van der Waals surface area contributed by atoms with Crippen molar-refractivity contribution in [3.63, 3.8) is 0 Å². The van der Waals surface area contributed by atoms with Gasteiger partial charge in [-0.15, -0.1) is 11.3 Å². The molecule has 0 radical (unpaired) electrons. The Kier molecular flexibility index (Phi) is 3.19. The number of thiophene rings is 1. The van der Waals surface area contributed by atoms with E-state index in [-0.39, 0.29) is 10.8 Å². The number of hydrogen-bond donors (Lipinski definition) is 3. The minimum Gasteiger partial charge on any atom is -0.477 e. The Balaban J connectivity index is 1.92. The topological polar surface area (TPSA) is 95.1 Å². The summed E-state index contributed by atoms with van der Waals surface area (Å²) in [5, 5.41) is 21.1. The normalized spacial score (nSPS) is 10.7. The predicted molar refractivity (Wildman–Crippen MR) is 80.1 cm³/mol. The maximum atomic E-state index is 12.3. The van der Waals surface area contributed by atoms with E-state index >= 15 is 0 Å². The van der Waals surface area contributed by atoms with Crippen molar-refractivity contribution < 1.29 is 14.7 Å². The molecule has 1 amide bonds. The predicted octanol–water partition coefficient (Wildman–Crippen LogP) is 2.88. The molecular formula is C14H11N3O3S. The quantitative estimate of drug-likeness (QED) is 0.693. The van der Waals surface area contributed by atoms with Gasteiger partial charge in [0.05, 0.1) is 17.4 Å². The molecule has 0 unspecified atom stereocenters. The van der Waals surface area contributed by atoms with Gasteiger partial charge >= 0.3 is 5.97 Å². The second kappa shape index (κ2) is 5.02. The van der Waals surface area contributed by atoms with Crippen LogP contribution in [-0.4, -0.2) is 27.2 Å². The molecule has 0 saturated heterocycles. The third-order valence-corrected chi connectivity index (χ3v) is 4.20. The Bertz CT molecular complexity index is 850. The molecule has 3 aromatic rings. The molecular weight excluding hydrogens is 290 g/mol. The molecule has 7 heteroatoms. The van der Waals surface area contributed by atoms with Crippen molar-refractivity contribution >= 4 is 39.8 Å². The van der Waals surface area contributed by atoms with E-state index in [9.17, 15) is 9.59 Å². The van der Waals surface area contributed by atoms with Crippen LogP contribution in [0.5, 0.6) is 0 Å². The summed E-state index contributed by atoms with van der Waals surface area (Å²) in [6.45, 7) is 1.76. The van der Waals surface area contributed by atoms with Crippen LogP contribution < -0.4 is 5.32 Å². The van der Waals surface area contributed by atoms with Gasteiger partial charge in [-0.05, 0) is 30.0 Å². The minimum absolute atomic E-state index is 0.128. The number of nitrogens with zero attached hydrogens (tertiary/aromatic N) is 1. The Morgan fingerprint density at radius 2 is 2.19 bits per heavy atom. The lowest BCUT2D eigenvalue weighted by Crippen LogP contribution is -2.14. The monoisotopic (exact) mass is 301 g/mol. The second-order valence-electron chi connectivity index (χ2n) is 4.55. The number of H-pyrrole nitrogens is 1. The van der Waals surface area contributed by atoms with Crippen molar-refractivity contribution in [2.45, 2.75) is 6.92 Å². The second-order valence-corrected chi connectivity index (χ2v) is 5.43. The summed E-state index contributed by atoms with van der Waals surface area (Å²) in [4.78, 5) is 23.5. The van der Waals surface area contributed by atoms with Crippen molar-refractivity contribution in [2.75, 3.05) is 5.32 Å². The van der Waals surface area contributed by atoms with Gasteiger partial charge in [-0.1, -0.05) is 6.07 Å². The fraction of sp³-hybridized carbons (Fsp3) is 0.0714. The van der Waals surface area contributed by atoms with Gasteiger partial charge in [0.15, 0.2) is 0 Å². The van der Waals surface area contributed by atoms with Gasteiger partial charge in [0.1, 0.15) is 4.88 Å². The molecule has 2 heterocycles. The van der Waals surface area contributed by atoms with E-state index in [1.165, 1.54) is 0 Å². The minimum atomic E-state index is -1.05. The summed E-state index contributed by atoms with van der Waals surface area (Å²) in [6.07, 6.45) is 1.67. The SMILES string of the molecule is Cc1csc(C(=O)O)c1NC(=O)c1ccc2cn[nH]c2c1. The van der Waals surface area contributed by atoms with E-state index in [4.69, 9.17) is 5.11 Å². The lowest BCUT2D eigenvalue weighted by molar-refractivity contribution is 0.0703. The average Bonchev–Trinajstić information content (AvgIpc) is 3.05. The number of aromatic amines is 1. The number of aromatic carboxylic acids is 1. The van der Waals surface area contributed by atoms with Gasteiger partial charge in [-0.2, -0.15) is 5.10 Å². The summed E-state index contributed by atoms with van der Waals surface area (Å²) in [6, 6.07) is 5.14. The molecule has 0 aliphatic carbocycles. The standard InChI is InChI=1S/C14H11N3O3S/c1-7-6-21-12(14(19)20)11(7)16-13(18)8-2-3-9-5-15-17-10(9)4-8/h2-6H,1H3,(H,15,17)(H,16,18)(H,19,20). The van der Waals surface area contributed by atoms with Gasteiger partial charge in [-0.25, -0.2) is 4.79 Å². The molecule has 21 heavy (non-hydrogen) atoms. The highest BCUT2D eigenvalue weighted by Gasteiger charge is 2.18. The molecule has 0 saturated carbocycles. The number of benzene rings is 1. The van der Waals surface area contributed by atoms with Crippen molar-refractivity contribution in [3.8, 4) is 0 Å². The fourth-order valence-corrected chi connectivity index (χ4v) is 2.86. The van der Waals surface area contributed by atoms with E-state index in [1.807, 2.05) is 0 Å². The zero-order valence-corrected chi connectivity index (χ0v) is 11.8. The maximum Gasteiger partial charge on any atom is 0.348 e. The van der Waals surface area contributed by atoms with Crippen LogP contribution in [0.3, 0.4) is 0 Å². The number of aromatic nitrogens is 2. The third-order valence-electron chi connectivity index (χ3n) is 3.11. The molecule has 3 rings (SSSR count). The van der Waals surface area contributed by atoms with E-state index in [0.29, 0.717) is 11.3 Å². The molecule has 0 atom stereocenters. The van der Waals surface area contributed by atoms with E-state index < -0.39 is 5.97 Å². The Hall–Kier alpha value is -2.67. The van der Waals surface area contributed by atoms with Crippen LogP contribution in [0.25, 0.3) is 10.9 Å². The average molecular weight is 301 g/mol. The first-order valence-electron chi connectivity index (χ1n) is 6.12. The number of carboxylic acids is 1. The molecule has 1 aromatic carbocycles. The number of carbonyl (C=O) groups excluding carboxylic acids is 1. The number of hydrogen-bond acceptors (Lipinski definition) is 4. The number of fused-ring (bicyclic) bond motifs is 1. The fourth-order valence-electron chi connectivity index (χ4n) is 2.02. The molecule has 3 N–H and O–H groups in total. The number of carboxylic acid groups (broad SMARTS) is 1. The summed E-state index contributed by atoms with van der Waals surface area (Å²) in [5.74, 6) is -1.40. The van der Waals surface area contributed by atoms with Crippen LogP contribution in [0.15, 0.2) is 29.8 Å². The maximum absolute atomic E-state index is 12.3. The Morgan fingerprint density at radius 1 is 1.38 bits per heavy atom. The van der Waals surface area contributed by atoms with Crippen LogP contribution in [0, 0.1) is 6.92 Å². The molecule has 106 valence electrons. The molecule has 0 aliphatic heterocycles. The highest BCUT2D eigenvalue weighted by Crippen LogP contribution is 2.28. The molecule has 0 spiro atoms. The van der Waals surface area contributed by atoms with E-state index in [0.717, 1.165) is 27.8 Å². The molecule has 2 aromatic heterocycles. The van der Waals surface area contributed by atoms with Crippen LogP contribution >= 0.6 is 11.3 Å². The van der Waals surface area contributed by atoms with E-state index in [1.54, 1.807) is 36.7 Å². The summed E-state index contributed by atoms with van der Waals surface area (Å²) in [5.41, 5.74) is 2.27. The lowest BCUT2D eigenvalue weighted by Gasteiger charge is -2.06. The summed E-state index contributed by atoms with van der Waals surface area (Å²) in [7, 11) is 0. The van der Waals surface area contributed by atoms with Gasteiger partial charge in [0, 0.05) is 10.9 Å². The third kappa shape index (κ3) is 2.38. The van der Waals surface area contributed by atoms with Crippen LogP contribution in [0.1, 0.15) is 25.6 Å². The van der Waals surface area contributed by atoms with Crippen LogP contribution in [0.4, 0.5) is 5.69 Å². The van der Waals surface area contributed by atoms with Crippen LogP contribution in [0.2, 0.25) is 0 Å². The van der Waals surface area contributed by atoms with Gasteiger partial charge in [0.2, 0.25) is 0 Å². The summed E-state index contributed by atoms with van der Waals surface area (Å²) >= 11 is 1.09. The van der Waals surface area contributed by atoms with Crippen molar-refractivity contribution in [1.29, 1.82) is 0 Å². The number of aryl methyl sites for hydroxylation is 1. The Morgan fingerprint density at radius 3 is 2.95 bits per heavy atom. The number of nitrogens with one attached hydrogen (secondary N) is 2. The number of rotatable bonds is 3. The van der Waals surface area contributed by atoms with Crippen molar-refractivity contribution in [3.05, 3.63) is 45.8 Å². The van der Waals surface area contributed by atoms with Gasteiger partial charge in [0.25, 0.3) is 5.91 Å². The molecule has 6 nitrogen and oxygen atoms in total. The molecule has 0 bridgehead atoms. The zero-order chi connectivity index (χ0) is 15.0. The first-order valence-corrected chi connectivity index (χ1v) is 7.00. The molecule has 0 fully saturated rings. The van der Waals surface area contributed by atoms with E-state index in [2.05, 4.69) is 15.5 Å². The highest BCUT2D eigenvalue weighted by molar-refractivity contribution is 7.12. The molecule has 0 aliphatic rings. The highest BCUT2D eigenvalue weighted by atomic mass is 32.1. The van der Waals surface area contributed by atoms with Crippen LogP contribution in [-0.2, 0) is 0 Å². The Labute approximate surface area is 123 Å². The van der Waals surface area contributed by atoms with Gasteiger partial charge in [-0.3, -0.25) is 9.89 Å². The number of amides is 1. The van der Waals surface area contributed by atoms with Gasteiger partial charge < -0.3 is 10.4 Å². The largest absolute Gasteiger partial charge is 0.477 e. The zero-order valence-electron chi connectivity index (χ0n) is 11.0. The first-order chi connectivity index (χ1) is 10.1. The number of carbonyl (C=O) groups is 2. The van der Waals surface area contributed by atoms with Crippen molar-refractivity contribution in [1.82, 2.24) is 10.2 Å².